The summed E-state index contributed by atoms with van der Waals surface area (Å²) in [6.07, 6.45) is 2.80. The number of benzene rings is 1. The van der Waals surface area contributed by atoms with Crippen LogP contribution in [0.25, 0.3) is 0 Å². The third kappa shape index (κ3) is 2.73. The number of nitrogens with one attached hydrogen (secondary N) is 1. The Kier molecular flexibility index (Phi) is 3.92. The summed E-state index contributed by atoms with van der Waals surface area (Å²) < 4.78 is 0.953. The summed E-state index contributed by atoms with van der Waals surface area (Å²) in [5.41, 5.74) is -0.335. The van der Waals surface area contributed by atoms with E-state index < -0.39 is 17.2 Å². The van der Waals surface area contributed by atoms with E-state index in [1.54, 1.807) is 6.92 Å². The molecule has 20 heavy (non-hydrogen) atoms. The fraction of sp³-hybridized carbons (Fsp3) is 0.200. The molecule has 0 aromatic heterocycles. The number of allylic oxidation sites excluding steroid dienone is 1. The van der Waals surface area contributed by atoms with Crippen LogP contribution in [0, 0.1) is 0 Å². The number of Topliss-reactive ketones (excluding diaryl/α,β-unsaturated/α-hetero) is 1. The maximum atomic E-state index is 12.1. The van der Waals surface area contributed by atoms with Gasteiger partial charge in [0.2, 0.25) is 5.78 Å². The molecule has 0 amide bonds. The molecular formula is C15H14BrNO3. The second-order valence-electron chi connectivity index (χ2n) is 4.80. The van der Waals surface area contributed by atoms with E-state index in [0.29, 0.717) is 11.1 Å². The van der Waals surface area contributed by atoms with Gasteiger partial charge in [0.05, 0.1) is 0 Å². The average molecular weight is 336 g/mol. The Morgan fingerprint density at radius 2 is 1.85 bits per heavy atom. The number of ketones is 2. The molecule has 0 unspecified atom stereocenters. The molecule has 0 fully saturated rings. The molecule has 0 spiro atoms. The molecule has 1 atom stereocenters. The van der Waals surface area contributed by atoms with Crippen molar-refractivity contribution in [2.24, 2.45) is 0 Å². The normalized spacial score (nSPS) is 24.8. The van der Waals surface area contributed by atoms with Crippen LogP contribution in [0.1, 0.15) is 13.8 Å². The molecule has 0 saturated carbocycles. The molecular weight excluding hydrogens is 322 g/mol. The van der Waals surface area contributed by atoms with Gasteiger partial charge in [0.1, 0.15) is 0 Å². The zero-order valence-electron chi connectivity index (χ0n) is 11.1. The van der Waals surface area contributed by atoms with Crippen molar-refractivity contribution in [1.82, 2.24) is 0 Å². The smallest absolute Gasteiger partial charge is 0.203 e. The number of rotatable bonds is 2. The Bertz CT molecular complexity index is 627. The Morgan fingerprint density at radius 3 is 2.45 bits per heavy atom. The monoisotopic (exact) mass is 335 g/mol. The summed E-state index contributed by atoms with van der Waals surface area (Å²) >= 11 is 3.34. The highest BCUT2D eigenvalue weighted by atomic mass is 79.9. The molecule has 1 aromatic rings. The van der Waals surface area contributed by atoms with Gasteiger partial charge in [0.15, 0.2) is 11.4 Å². The van der Waals surface area contributed by atoms with E-state index >= 15 is 0 Å². The fourth-order valence-electron chi connectivity index (χ4n) is 1.85. The van der Waals surface area contributed by atoms with Gasteiger partial charge in [-0.2, -0.15) is 0 Å². The van der Waals surface area contributed by atoms with Crippen molar-refractivity contribution < 1.29 is 14.7 Å². The molecule has 0 bridgehead atoms. The molecule has 104 valence electrons. The molecule has 0 heterocycles. The molecule has 0 aliphatic heterocycles. The van der Waals surface area contributed by atoms with Crippen LogP contribution in [0.3, 0.4) is 0 Å². The molecule has 1 aliphatic rings. The van der Waals surface area contributed by atoms with Crippen LogP contribution in [0.15, 0.2) is 52.2 Å². The van der Waals surface area contributed by atoms with Crippen molar-refractivity contribution in [3.63, 3.8) is 0 Å². The van der Waals surface area contributed by atoms with Crippen LogP contribution in [0.4, 0.5) is 5.69 Å². The van der Waals surface area contributed by atoms with E-state index in [-0.39, 0.29) is 0 Å². The second kappa shape index (κ2) is 5.34. The molecule has 1 aliphatic carbocycles. The van der Waals surface area contributed by atoms with E-state index in [0.717, 1.165) is 10.2 Å². The lowest BCUT2D eigenvalue weighted by Gasteiger charge is -2.25. The second-order valence-corrected chi connectivity index (χ2v) is 5.72. The minimum Gasteiger partial charge on any atom is -0.374 e. The van der Waals surface area contributed by atoms with Gasteiger partial charge < -0.3 is 10.4 Å². The predicted molar refractivity (Wildman–Crippen MR) is 80.2 cm³/mol. The van der Waals surface area contributed by atoms with Crippen molar-refractivity contribution in [2.45, 2.75) is 19.4 Å². The van der Waals surface area contributed by atoms with Gasteiger partial charge >= 0.3 is 0 Å². The van der Waals surface area contributed by atoms with Gasteiger partial charge in [0.25, 0.3) is 0 Å². The number of halogens is 1. The van der Waals surface area contributed by atoms with Crippen LogP contribution in [-0.4, -0.2) is 22.3 Å². The number of anilines is 1. The van der Waals surface area contributed by atoms with E-state index in [1.807, 2.05) is 24.3 Å². The SMILES string of the molecule is CC1=CC(=O)[C@@](C)(O)C(=O)/C1=C\Nc1ccc(Br)cc1. The van der Waals surface area contributed by atoms with Crippen molar-refractivity contribution in [1.29, 1.82) is 0 Å². The van der Waals surface area contributed by atoms with Crippen LogP contribution in [-0.2, 0) is 9.59 Å². The Morgan fingerprint density at radius 1 is 1.25 bits per heavy atom. The summed E-state index contributed by atoms with van der Waals surface area (Å²) in [4.78, 5) is 23.7. The van der Waals surface area contributed by atoms with E-state index in [1.165, 1.54) is 19.2 Å². The minimum atomic E-state index is -1.98. The first-order valence-electron chi connectivity index (χ1n) is 6.05. The van der Waals surface area contributed by atoms with Crippen molar-refractivity contribution in [3.8, 4) is 0 Å². The maximum absolute atomic E-state index is 12.1. The van der Waals surface area contributed by atoms with Crippen LogP contribution in [0.2, 0.25) is 0 Å². The van der Waals surface area contributed by atoms with E-state index in [9.17, 15) is 14.7 Å². The van der Waals surface area contributed by atoms with Gasteiger partial charge in [-0.1, -0.05) is 15.9 Å². The van der Waals surface area contributed by atoms with Gasteiger partial charge in [-0.15, -0.1) is 0 Å². The van der Waals surface area contributed by atoms with Crippen molar-refractivity contribution in [3.05, 3.63) is 52.2 Å². The largest absolute Gasteiger partial charge is 0.374 e. The first-order chi connectivity index (χ1) is 9.32. The Balaban J connectivity index is 2.29. The first kappa shape index (κ1) is 14.7. The maximum Gasteiger partial charge on any atom is 0.203 e. The standard InChI is InChI=1S/C15H14BrNO3/c1-9-7-13(18)15(2,20)14(19)12(9)8-17-11-5-3-10(16)4-6-11/h3-8,17,20H,1-2H3/b12-8-/t15-/m1/s1. The topological polar surface area (TPSA) is 66.4 Å². The summed E-state index contributed by atoms with van der Waals surface area (Å²) in [6.45, 7) is 2.88. The molecule has 4 nitrogen and oxygen atoms in total. The van der Waals surface area contributed by atoms with Gasteiger partial charge in [-0.25, -0.2) is 0 Å². The lowest BCUT2D eigenvalue weighted by atomic mass is 9.82. The molecule has 0 saturated heterocycles. The quantitative estimate of drug-likeness (QED) is 0.644. The molecule has 0 radical (unpaired) electrons. The van der Waals surface area contributed by atoms with Crippen molar-refractivity contribution in [2.75, 3.05) is 5.32 Å². The molecule has 5 heteroatoms. The zero-order valence-corrected chi connectivity index (χ0v) is 12.7. The highest BCUT2D eigenvalue weighted by Gasteiger charge is 2.42. The number of hydrogen-bond donors (Lipinski definition) is 2. The summed E-state index contributed by atoms with van der Waals surface area (Å²) in [5, 5.41) is 12.9. The Hall–Kier alpha value is -1.72. The van der Waals surface area contributed by atoms with E-state index in [4.69, 9.17) is 0 Å². The minimum absolute atomic E-state index is 0.303. The highest BCUT2D eigenvalue weighted by Crippen LogP contribution is 2.26. The number of carbonyl (C=O) groups excluding carboxylic acids is 2. The lowest BCUT2D eigenvalue weighted by Crippen LogP contribution is -2.46. The summed E-state index contributed by atoms with van der Waals surface area (Å²) in [7, 11) is 0. The van der Waals surface area contributed by atoms with Gasteiger partial charge in [-0.05, 0) is 49.8 Å². The lowest BCUT2D eigenvalue weighted by molar-refractivity contribution is -0.144. The Labute approximate surface area is 125 Å². The molecule has 1 aromatic carbocycles. The number of hydrogen-bond acceptors (Lipinski definition) is 4. The van der Waals surface area contributed by atoms with Gasteiger partial charge in [-0.3, -0.25) is 9.59 Å². The van der Waals surface area contributed by atoms with Gasteiger partial charge in [0, 0.05) is 21.9 Å². The molecule has 2 rings (SSSR count). The number of carbonyl (C=O) groups is 2. The fourth-order valence-corrected chi connectivity index (χ4v) is 2.11. The summed E-state index contributed by atoms with van der Waals surface area (Å²) in [5.74, 6) is -1.17. The molecule has 2 N–H and O–H groups in total. The van der Waals surface area contributed by atoms with Crippen LogP contribution in [0.5, 0.6) is 0 Å². The third-order valence-electron chi connectivity index (χ3n) is 3.17. The van der Waals surface area contributed by atoms with Crippen LogP contribution < -0.4 is 5.32 Å². The predicted octanol–water partition coefficient (Wildman–Crippen LogP) is 2.59. The average Bonchev–Trinajstić information content (AvgIpc) is 2.39. The van der Waals surface area contributed by atoms with Crippen LogP contribution >= 0.6 is 15.9 Å². The number of aliphatic hydroxyl groups is 1. The first-order valence-corrected chi connectivity index (χ1v) is 6.84. The zero-order chi connectivity index (χ0) is 14.9. The third-order valence-corrected chi connectivity index (χ3v) is 3.70. The van der Waals surface area contributed by atoms with E-state index in [2.05, 4.69) is 21.2 Å². The van der Waals surface area contributed by atoms with Crippen molar-refractivity contribution >= 4 is 33.2 Å². The summed E-state index contributed by atoms with van der Waals surface area (Å²) in [6, 6.07) is 7.42. The highest BCUT2D eigenvalue weighted by molar-refractivity contribution is 9.10.